The minimum absolute atomic E-state index is 0.00662. The maximum Gasteiger partial charge on any atom is 0.321 e. The van der Waals surface area contributed by atoms with Gasteiger partial charge in [-0.05, 0) is 17.7 Å². The van der Waals surface area contributed by atoms with Crippen molar-refractivity contribution in [3.63, 3.8) is 0 Å². The molecule has 0 fully saturated rings. The fraction of sp³-hybridized carbons (Fsp3) is 0.0769. The SMILES string of the molecule is Nc1cc([ClH+])nc(Cl)c1C(=O)NCc1ccc(F)c(F)c1. The molecule has 1 aromatic carbocycles. The number of carbonyl (C=O) groups excluding carboxylic acids is 1. The highest BCUT2D eigenvalue weighted by Crippen LogP contribution is 2.21. The molecule has 0 saturated heterocycles. The number of anilines is 1. The highest BCUT2D eigenvalue weighted by atomic mass is 35.5. The number of nitrogens with two attached hydrogens (primary N) is 1. The molecule has 1 heterocycles. The van der Waals surface area contributed by atoms with Gasteiger partial charge in [0.1, 0.15) is 10.7 Å². The maximum absolute atomic E-state index is 13.0. The van der Waals surface area contributed by atoms with Crippen LogP contribution in [-0.2, 0) is 6.54 Å². The van der Waals surface area contributed by atoms with E-state index in [1.165, 1.54) is 12.1 Å². The van der Waals surface area contributed by atoms with Crippen molar-refractivity contribution in [2.24, 2.45) is 0 Å². The lowest BCUT2D eigenvalue weighted by atomic mass is 10.2. The van der Waals surface area contributed by atoms with Crippen molar-refractivity contribution in [3.05, 3.63) is 57.3 Å². The zero-order valence-corrected chi connectivity index (χ0v) is 12.1. The first kappa shape index (κ1) is 15.5. The van der Waals surface area contributed by atoms with E-state index in [1.54, 1.807) is 0 Å². The van der Waals surface area contributed by atoms with Gasteiger partial charge in [-0.2, -0.15) is 4.98 Å². The lowest BCUT2D eigenvalue weighted by molar-refractivity contribution is -0.296. The summed E-state index contributed by atoms with van der Waals surface area (Å²) in [6.45, 7) is -0.0125. The summed E-state index contributed by atoms with van der Waals surface area (Å²) >= 11 is 10.6. The van der Waals surface area contributed by atoms with E-state index < -0.39 is 17.5 Å². The number of aromatic nitrogens is 1. The molecule has 0 saturated carbocycles. The number of halogens is 4. The molecule has 0 aliphatic rings. The van der Waals surface area contributed by atoms with E-state index in [0.717, 1.165) is 12.1 Å². The zero-order chi connectivity index (χ0) is 15.6. The molecule has 21 heavy (non-hydrogen) atoms. The van der Waals surface area contributed by atoms with Gasteiger partial charge in [0, 0.05) is 12.6 Å². The van der Waals surface area contributed by atoms with Gasteiger partial charge in [0.05, 0.1) is 5.69 Å². The minimum atomic E-state index is -0.989. The van der Waals surface area contributed by atoms with E-state index in [1.807, 2.05) is 0 Å². The van der Waals surface area contributed by atoms with Gasteiger partial charge < -0.3 is 11.1 Å². The lowest BCUT2D eigenvalue weighted by Gasteiger charge is -2.08. The molecule has 0 unspecified atom stereocenters. The molecular formula is C13H10Cl2F2N3O+. The molecule has 110 valence electrons. The lowest BCUT2D eigenvalue weighted by Crippen LogP contribution is -2.24. The molecule has 4 nitrogen and oxygen atoms in total. The van der Waals surface area contributed by atoms with Crippen molar-refractivity contribution in [1.29, 1.82) is 0 Å². The molecule has 2 rings (SSSR count). The van der Waals surface area contributed by atoms with E-state index >= 15 is 0 Å². The third-order valence-corrected chi connectivity index (χ3v) is 3.13. The summed E-state index contributed by atoms with van der Waals surface area (Å²) in [7, 11) is 0. The summed E-state index contributed by atoms with van der Waals surface area (Å²) in [6.07, 6.45) is 0. The van der Waals surface area contributed by atoms with Crippen LogP contribution in [0.2, 0.25) is 10.3 Å². The van der Waals surface area contributed by atoms with Crippen molar-refractivity contribution < 1.29 is 25.2 Å². The molecule has 0 aliphatic heterocycles. The van der Waals surface area contributed by atoms with Crippen molar-refractivity contribution in [2.75, 3.05) is 5.73 Å². The van der Waals surface area contributed by atoms with Crippen LogP contribution in [0.1, 0.15) is 15.9 Å². The molecule has 3 N–H and O–H groups in total. The fourth-order valence-electron chi connectivity index (χ4n) is 1.65. The number of nitrogens with zero attached hydrogens (tertiary/aromatic N) is 1. The number of amides is 1. The summed E-state index contributed by atoms with van der Waals surface area (Å²) in [4.78, 5) is 15.8. The second-order valence-corrected chi connectivity index (χ2v) is 4.92. The van der Waals surface area contributed by atoms with Gasteiger partial charge in [-0.25, -0.2) is 8.78 Å². The Hall–Kier alpha value is -1.92. The highest BCUT2D eigenvalue weighted by molar-refractivity contribution is 6.33. The maximum atomic E-state index is 13.0. The van der Waals surface area contributed by atoms with Gasteiger partial charge in [-0.15, -0.1) is 0 Å². The first-order chi connectivity index (χ1) is 9.88. The largest absolute Gasteiger partial charge is 0.398 e. The summed E-state index contributed by atoms with van der Waals surface area (Å²) in [5, 5.41) is 2.56. The number of benzene rings is 1. The van der Waals surface area contributed by atoms with Crippen LogP contribution in [-0.4, -0.2) is 10.9 Å². The molecule has 0 atom stereocenters. The van der Waals surface area contributed by atoms with Gasteiger partial charge in [-0.1, -0.05) is 17.7 Å². The molecule has 0 bridgehead atoms. The minimum Gasteiger partial charge on any atom is -0.398 e. The fourth-order valence-corrected chi connectivity index (χ4v) is 2.21. The van der Waals surface area contributed by atoms with Crippen molar-refractivity contribution >= 4 is 23.2 Å². The first-order valence-electron chi connectivity index (χ1n) is 5.73. The number of carbonyl (C=O) groups is 1. The number of hydrogen-bond donors (Lipinski definition) is 2. The predicted molar refractivity (Wildman–Crippen MR) is 71.7 cm³/mol. The second-order valence-electron chi connectivity index (χ2n) is 4.15. The van der Waals surface area contributed by atoms with Crippen LogP contribution in [0, 0.1) is 23.2 Å². The van der Waals surface area contributed by atoms with Crippen molar-refractivity contribution in [1.82, 2.24) is 10.3 Å². The van der Waals surface area contributed by atoms with E-state index in [4.69, 9.17) is 28.9 Å². The third-order valence-electron chi connectivity index (χ3n) is 2.65. The van der Waals surface area contributed by atoms with Crippen LogP contribution >= 0.6 is 11.6 Å². The number of nitrogens with one attached hydrogen (secondary N) is 1. The van der Waals surface area contributed by atoms with Crippen LogP contribution in [0.15, 0.2) is 24.3 Å². The van der Waals surface area contributed by atoms with E-state index in [2.05, 4.69) is 10.3 Å². The molecule has 0 radical (unpaired) electrons. The summed E-state index contributed by atoms with van der Waals surface area (Å²) < 4.78 is 25.8. The average Bonchev–Trinajstić information content (AvgIpc) is 2.39. The third kappa shape index (κ3) is 3.59. The van der Waals surface area contributed by atoms with E-state index in [9.17, 15) is 13.6 Å². The van der Waals surface area contributed by atoms with Crippen LogP contribution in [0.4, 0.5) is 14.5 Å². The molecule has 0 aliphatic carbocycles. The Morgan fingerprint density at radius 1 is 1.33 bits per heavy atom. The molecular weight excluding hydrogens is 323 g/mol. The quantitative estimate of drug-likeness (QED) is 0.847. The topological polar surface area (TPSA) is 68.0 Å². The Labute approximate surface area is 128 Å². The Bertz CT molecular complexity index is 687. The van der Waals surface area contributed by atoms with Gasteiger partial charge in [0.15, 0.2) is 23.2 Å². The van der Waals surface area contributed by atoms with Crippen molar-refractivity contribution in [2.45, 2.75) is 6.54 Å². The monoisotopic (exact) mass is 332 g/mol. The number of pyridine rings is 1. The molecule has 8 heteroatoms. The molecule has 1 aromatic heterocycles. The Morgan fingerprint density at radius 3 is 2.67 bits per heavy atom. The summed E-state index contributed by atoms with van der Waals surface area (Å²) in [5.41, 5.74) is 6.16. The number of rotatable bonds is 3. The summed E-state index contributed by atoms with van der Waals surface area (Å²) in [6, 6.07) is 4.67. The smallest absolute Gasteiger partial charge is 0.321 e. The Morgan fingerprint density at radius 2 is 2.05 bits per heavy atom. The molecule has 0 spiro atoms. The van der Waals surface area contributed by atoms with Gasteiger partial charge >= 0.3 is 5.15 Å². The van der Waals surface area contributed by atoms with Gasteiger partial charge in [0.2, 0.25) is 0 Å². The van der Waals surface area contributed by atoms with E-state index in [-0.39, 0.29) is 28.1 Å². The zero-order valence-electron chi connectivity index (χ0n) is 10.5. The normalized spacial score (nSPS) is 10.5. The highest BCUT2D eigenvalue weighted by Gasteiger charge is 2.18. The predicted octanol–water partition coefficient (Wildman–Crippen LogP) is 2.22. The number of nitrogen functional groups attached to an aromatic ring is 1. The Kier molecular flexibility index (Phi) is 4.59. The molecule has 2 aromatic rings. The second kappa shape index (κ2) is 6.24. The van der Waals surface area contributed by atoms with Crippen LogP contribution in [0.3, 0.4) is 0 Å². The first-order valence-corrected chi connectivity index (χ1v) is 6.52. The van der Waals surface area contributed by atoms with Crippen molar-refractivity contribution in [3.8, 4) is 0 Å². The van der Waals surface area contributed by atoms with Crippen LogP contribution in [0.5, 0.6) is 0 Å². The standard InChI is InChI=1S/C13H9Cl2F2N3O/c14-10-4-9(18)11(12(15)20-10)13(21)19-5-6-1-2-7(16)8(17)3-6/h1-4,14H,5H2,(H2-,18,19,20,21)/p+1. The van der Waals surface area contributed by atoms with Gasteiger partial charge in [0.25, 0.3) is 5.91 Å². The average molecular weight is 333 g/mol. The van der Waals surface area contributed by atoms with Crippen LogP contribution < -0.4 is 11.1 Å². The molecule has 1 amide bonds. The summed E-state index contributed by atoms with van der Waals surface area (Å²) in [5.74, 6) is -2.52. The Balaban J connectivity index is 2.13. The number of hydrogen-bond acceptors (Lipinski definition) is 3. The van der Waals surface area contributed by atoms with Gasteiger partial charge in [-0.3, -0.25) is 4.79 Å². The van der Waals surface area contributed by atoms with E-state index in [0.29, 0.717) is 5.56 Å². The van der Waals surface area contributed by atoms with Crippen LogP contribution in [0.25, 0.3) is 0 Å².